The van der Waals surface area contributed by atoms with Gasteiger partial charge in [0.15, 0.2) is 0 Å². The molecular weight excluding hydrogens is 176 g/mol. The summed E-state index contributed by atoms with van der Waals surface area (Å²) in [6.07, 6.45) is 2.06. The third kappa shape index (κ3) is 3.77. The van der Waals surface area contributed by atoms with Crippen LogP contribution in [0.3, 0.4) is 0 Å². The zero-order chi connectivity index (χ0) is 10.2. The van der Waals surface area contributed by atoms with Crippen LogP contribution in [0.2, 0.25) is 0 Å². The lowest BCUT2D eigenvalue weighted by atomic mass is 10.1. The third-order valence-corrected chi connectivity index (χ3v) is 2.05. The monoisotopic (exact) mass is 196 g/mol. The summed E-state index contributed by atoms with van der Waals surface area (Å²) in [6, 6.07) is 8.25. The first-order chi connectivity index (χ1) is 6.86. The molecule has 14 heavy (non-hydrogen) atoms. The summed E-state index contributed by atoms with van der Waals surface area (Å²) in [6.45, 7) is 2.64. The molecule has 0 amide bonds. The van der Waals surface area contributed by atoms with Crippen molar-refractivity contribution in [3.05, 3.63) is 29.8 Å². The number of rotatable bonds is 6. The van der Waals surface area contributed by atoms with Crippen LogP contribution < -0.4 is 16.2 Å². The number of hydrogen-bond acceptors (Lipinski definition) is 1. The second-order valence-electron chi connectivity index (χ2n) is 3.30. The molecule has 0 aromatic heterocycles. The summed E-state index contributed by atoms with van der Waals surface area (Å²) in [4.78, 5) is 0. The third-order valence-electron chi connectivity index (χ3n) is 2.05. The van der Waals surface area contributed by atoms with Crippen LogP contribution in [0, 0.1) is 0 Å². The fourth-order valence-electron chi connectivity index (χ4n) is 1.25. The number of ether oxygens (including phenoxy) is 1. The van der Waals surface area contributed by atoms with Crippen LogP contribution >= 0.6 is 0 Å². The van der Waals surface area contributed by atoms with Crippen molar-refractivity contribution in [3.63, 3.8) is 0 Å². The van der Waals surface area contributed by atoms with Gasteiger partial charge in [-0.15, -0.1) is 0 Å². The smallest absolute Gasteiger partial charge is 0.119 e. The molecule has 0 unspecified atom stereocenters. The van der Waals surface area contributed by atoms with Gasteiger partial charge in [0, 0.05) is 12.8 Å². The lowest BCUT2D eigenvalue weighted by Gasteiger charge is -2.05. The predicted molar refractivity (Wildman–Crippen MR) is 55.8 cm³/mol. The van der Waals surface area contributed by atoms with Gasteiger partial charge >= 0.3 is 0 Å². The van der Waals surface area contributed by atoms with Crippen molar-refractivity contribution >= 4 is 0 Å². The summed E-state index contributed by atoms with van der Waals surface area (Å²) in [5.41, 5.74) is 8.92. The number of hydrogen-bond donors (Lipinski definition) is 2. The van der Waals surface area contributed by atoms with Gasteiger partial charge in [-0.3, -0.25) is 0 Å². The molecule has 0 spiro atoms. The number of quaternary nitrogens is 2. The Kier molecular flexibility index (Phi) is 5.04. The van der Waals surface area contributed by atoms with Gasteiger partial charge in [0.25, 0.3) is 0 Å². The Morgan fingerprint density at radius 1 is 1.00 bits per heavy atom. The highest BCUT2D eigenvalue weighted by molar-refractivity contribution is 5.27. The molecule has 0 heterocycles. The summed E-state index contributed by atoms with van der Waals surface area (Å²) in [5, 5.41) is 0. The van der Waals surface area contributed by atoms with Crippen molar-refractivity contribution in [3.8, 4) is 5.75 Å². The highest BCUT2D eigenvalue weighted by Crippen LogP contribution is 2.12. The molecule has 1 aromatic rings. The standard InChI is InChI=1S/C11H18N2O/c12-7-1-9-14-11-4-2-10(3-5-11)6-8-13/h2-5H,1,6-9,12-13H2/p+2. The molecule has 0 saturated heterocycles. The van der Waals surface area contributed by atoms with Gasteiger partial charge in [-0.2, -0.15) is 0 Å². The van der Waals surface area contributed by atoms with Crippen molar-refractivity contribution in [1.82, 2.24) is 0 Å². The van der Waals surface area contributed by atoms with Crippen LogP contribution in [0.1, 0.15) is 12.0 Å². The van der Waals surface area contributed by atoms with Crippen LogP contribution in [0.15, 0.2) is 24.3 Å². The Hall–Kier alpha value is -1.06. The van der Waals surface area contributed by atoms with E-state index in [1.165, 1.54) is 5.56 Å². The highest BCUT2D eigenvalue weighted by atomic mass is 16.5. The van der Waals surface area contributed by atoms with Crippen molar-refractivity contribution in [2.75, 3.05) is 19.7 Å². The summed E-state index contributed by atoms with van der Waals surface area (Å²) < 4.78 is 5.52. The molecule has 1 aromatic carbocycles. The van der Waals surface area contributed by atoms with Gasteiger partial charge < -0.3 is 16.2 Å². The lowest BCUT2D eigenvalue weighted by molar-refractivity contribution is -0.369. The van der Waals surface area contributed by atoms with Crippen molar-refractivity contribution in [2.45, 2.75) is 12.8 Å². The molecule has 3 nitrogen and oxygen atoms in total. The Bertz CT molecular complexity index is 246. The van der Waals surface area contributed by atoms with E-state index in [9.17, 15) is 0 Å². The minimum atomic E-state index is 0.762. The fourth-order valence-corrected chi connectivity index (χ4v) is 1.25. The second-order valence-corrected chi connectivity index (χ2v) is 3.30. The zero-order valence-electron chi connectivity index (χ0n) is 8.67. The molecule has 3 heteroatoms. The van der Waals surface area contributed by atoms with E-state index in [0.717, 1.165) is 38.3 Å². The maximum atomic E-state index is 5.52. The van der Waals surface area contributed by atoms with Crippen LogP contribution in [-0.4, -0.2) is 19.7 Å². The van der Waals surface area contributed by atoms with Gasteiger partial charge in [0.2, 0.25) is 0 Å². The van der Waals surface area contributed by atoms with E-state index in [4.69, 9.17) is 4.74 Å². The molecule has 0 radical (unpaired) electrons. The van der Waals surface area contributed by atoms with Crippen molar-refractivity contribution < 1.29 is 16.2 Å². The van der Waals surface area contributed by atoms with E-state index in [2.05, 4.69) is 23.6 Å². The Morgan fingerprint density at radius 3 is 2.29 bits per heavy atom. The Balaban J connectivity index is 2.38. The maximum absolute atomic E-state index is 5.52. The van der Waals surface area contributed by atoms with Crippen LogP contribution in [0.25, 0.3) is 0 Å². The van der Waals surface area contributed by atoms with Crippen LogP contribution in [-0.2, 0) is 6.42 Å². The first kappa shape index (κ1) is 11.0. The molecule has 0 fully saturated rings. The summed E-state index contributed by atoms with van der Waals surface area (Å²) in [7, 11) is 0. The minimum Gasteiger partial charge on any atom is -0.493 e. The molecule has 0 saturated carbocycles. The molecule has 6 N–H and O–H groups in total. The van der Waals surface area contributed by atoms with Gasteiger partial charge in [-0.05, 0) is 17.7 Å². The SMILES string of the molecule is [NH3+]CCCOc1ccc(CC[NH3+])cc1. The Morgan fingerprint density at radius 2 is 1.71 bits per heavy atom. The molecule has 0 atom stereocenters. The van der Waals surface area contributed by atoms with Gasteiger partial charge in [0.1, 0.15) is 5.75 Å². The van der Waals surface area contributed by atoms with E-state index in [1.54, 1.807) is 0 Å². The van der Waals surface area contributed by atoms with Gasteiger partial charge in [0.05, 0.1) is 19.7 Å². The maximum Gasteiger partial charge on any atom is 0.119 e. The average Bonchev–Trinajstić information content (AvgIpc) is 2.21. The summed E-state index contributed by atoms with van der Waals surface area (Å²) >= 11 is 0. The molecule has 0 aliphatic heterocycles. The first-order valence-electron chi connectivity index (χ1n) is 5.17. The second kappa shape index (κ2) is 6.40. The predicted octanol–water partition coefficient (Wildman–Crippen LogP) is -0.518. The molecular formula is C11H20N2O+2. The van der Waals surface area contributed by atoms with Crippen molar-refractivity contribution in [1.29, 1.82) is 0 Å². The van der Waals surface area contributed by atoms with E-state index in [-0.39, 0.29) is 0 Å². The Labute approximate surface area is 85.0 Å². The quantitative estimate of drug-likeness (QED) is 0.591. The molecule has 0 aliphatic carbocycles. The topological polar surface area (TPSA) is 64.5 Å². The lowest BCUT2D eigenvalue weighted by Crippen LogP contribution is -2.51. The van der Waals surface area contributed by atoms with E-state index in [0.29, 0.717) is 0 Å². The van der Waals surface area contributed by atoms with Crippen LogP contribution in [0.5, 0.6) is 5.75 Å². The normalized spacial score (nSPS) is 10.1. The average molecular weight is 196 g/mol. The number of benzene rings is 1. The van der Waals surface area contributed by atoms with Crippen molar-refractivity contribution in [2.24, 2.45) is 0 Å². The summed E-state index contributed by atoms with van der Waals surface area (Å²) in [5.74, 6) is 0.950. The molecule has 78 valence electrons. The van der Waals surface area contributed by atoms with E-state index < -0.39 is 0 Å². The minimum absolute atomic E-state index is 0.762. The fraction of sp³-hybridized carbons (Fsp3) is 0.455. The highest BCUT2D eigenvalue weighted by Gasteiger charge is 1.95. The zero-order valence-corrected chi connectivity index (χ0v) is 8.67. The molecule has 1 rings (SSSR count). The van der Waals surface area contributed by atoms with Gasteiger partial charge in [-0.25, -0.2) is 0 Å². The van der Waals surface area contributed by atoms with E-state index >= 15 is 0 Å². The first-order valence-corrected chi connectivity index (χ1v) is 5.17. The van der Waals surface area contributed by atoms with E-state index in [1.807, 2.05) is 12.1 Å². The van der Waals surface area contributed by atoms with Gasteiger partial charge in [-0.1, -0.05) is 12.1 Å². The van der Waals surface area contributed by atoms with Crippen LogP contribution in [0.4, 0.5) is 0 Å². The largest absolute Gasteiger partial charge is 0.493 e. The molecule has 0 bridgehead atoms. The molecule has 0 aliphatic rings.